The molecule has 1 aromatic heterocycles. The van der Waals surface area contributed by atoms with Crippen molar-refractivity contribution in [2.24, 2.45) is 0 Å². The molecular formula is C18H23N3O3. The van der Waals surface area contributed by atoms with Crippen LogP contribution >= 0.6 is 0 Å². The Morgan fingerprint density at radius 3 is 2.29 bits per heavy atom. The summed E-state index contributed by atoms with van der Waals surface area (Å²) in [6.07, 6.45) is 2.83. The van der Waals surface area contributed by atoms with Crippen LogP contribution in [0.5, 0.6) is 0 Å². The fourth-order valence-corrected chi connectivity index (χ4v) is 2.27. The zero-order chi connectivity index (χ0) is 17.4. The first-order chi connectivity index (χ1) is 11.6. The van der Waals surface area contributed by atoms with E-state index in [9.17, 15) is 9.59 Å². The smallest absolute Gasteiger partial charge is 0.258 e. The molecule has 2 N–H and O–H groups in total. The average Bonchev–Trinajstić information content (AvgIpc) is 3.14. The summed E-state index contributed by atoms with van der Waals surface area (Å²) in [6.45, 7) is 7.58. The zero-order valence-electron chi connectivity index (χ0n) is 14.0. The monoisotopic (exact) mass is 329 g/mol. The molecule has 0 aliphatic heterocycles. The molecular weight excluding hydrogens is 306 g/mol. The fraction of sp³-hybridized carbons (Fsp3) is 0.333. The van der Waals surface area contributed by atoms with Gasteiger partial charge in [0.25, 0.3) is 11.8 Å². The van der Waals surface area contributed by atoms with Gasteiger partial charge in [-0.15, -0.1) is 0 Å². The van der Waals surface area contributed by atoms with Crippen LogP contribution in [-0.4, -0.2) is 42.9 Å². The topological polar surface area (TPSA) is 74.6 Å². The van der Waals surface area contributed by atoms with Crippen LogP contribution < -0.4 is 10.6 Å². The van der Waals surface area contributed by atoms with E-state index in [2.05, 4.69) is 29.4 Å². The van der Waals surface area contributed by atoms with Crippen LogP contribution in [-0.2, 0) is 0 Å². The Kier molecular flexibility index (Phi) is 6.57. The number of hydrogen-bond donors (Lipinski definition) is 2. The number of nitrogens with one attached hydrogen (secondary N) is 2. The Balaban J connectivity index is 1.84. The van der Waals surface area contributed by atoms with Gasteiger partial charge in [-0.2, -0.15) is 0 Å². The van der Waals surface area contributed by atoms with E-state index in [0.717, 1.165) is 19.6 Å². The number of rotatable bonds is 8. The van der Waals surface area contributed by atoms with E-state index in [-0.39, 0.29) is 11.8 Å². The third kappa shape index (κ3) is 4.96. The molecule has 0 atom stereocenters. The van der Waals surface area contributed by atoms with Crippen molar-refractivity contribution < 1.29 is 14.0 Å². The minimum atomic E-state index is -0.250. The van der Waals surface area contributed by atoms with Crippen molar-refractivity contribution in [3.05, 3.63) is 54.0 Å². The molecule has 2 aromatic rings. The predicted molar refractivity (Wildman–Crippen MR) is 93.2 cm³/mol. The summed E-state index contributed by atoms with van der Waals surface area (Å²) in [5.74, 6) is -0.366. The third-order valence-electron chi connectivity index (χ3n) is 3.80. The molecule has 0 aliphatic rings. The number of carbonyl (C=O) groups is 2. The SMILES string of the molecule is CCN(CC)CCNC(=O)c1ccc(NC(=O)c2ccoc2)cc1. The van der Waals surface area contributed by atoms with Gasteiger partial charge in [0.1, 0.15) is 6.26 Å². The molecule has 24 heavy (non-hydrogen) atoms. The first-order valence-corrected chi connectivity index (χ1v) is 8.08. The molecule has 0 fully saturated rings. The average molecular weight is 329 g/mol. The van der Waals surface area contributed by atoms with Crippen LogP contribution in [0.4, 0.5) is 5.69 Å². The van der Waals surface area contributed by atoms with Gasteiger partial charge in [-0.25, -0.2) is 0 Å². The van der Waals surface area contributed by atoms with E-state index >= 15 is 0 Å². The Labute approximate surface area is 141 Å². The summed E-state index contributed by atoms with van der Waals surface area (Å²) in [5, 5.41) is 5.65. The molecule has 0 unspecified atom stereocenters. The number of hydrogen-bond acceptors (Lipinski definition) is 4. The summed E-state index contributed by atoms with van der Waals surface area (Å²) in [4.78, 5) is 26.2. The van der Waals surface area contributed by atoms with Gasteiger partial charge in [0.15, 0.2) is 0 Å². The molecule has 0 radical (unpaired) electrons. The number of nitrogens with zero attached hydrogens (tertiary/aromatic N) is 1. The van der Waals surface area contributed by atoms with E-state index in [1.807, 2.05) is 0 Å². The standard InChI is InChI=1S/C18H23N3O3/c1-3-21(4-2)11-10-19-17(22)14-5-7-16(8-6-14)20-18(23)15-9-12-24-13-15/h5-9,12-13H,3-4,10-11H2,1-2H3,(H,19,22)(H,20,23). The Morgan fingerprint density at radius 1 is 1.00 bits per heavy atom. The normalized spacial score (nSPS) is 10.6. The molecule has 2 amide bonds. The van der Waals surface area contributed by atoms with Crippen LogP contribution in [0.3, 0.4) is 0 Å². The van der Waals surface area contributed by atoms with Crippen molar-refractivity contribution in [2.75, 3.05) is 31.5 Å². The molecule has 6 heteroatoms. The molecule has 0 bridgehead atoms. The number of furan rings is 1. The molecule has 0 spiro atoms. The number of likely N-dealkylation sites (N-methyl/N-ethyl adjacent to an activating group) is 1. The summed E-state index contributed by atoms with van der Waals surface area (Å²) in [6, 6.07) is 8.39. The van der Waals surface area contributed by atoms with Gasteiger partial charge in [-0.3, -0.25) is 9.59 Å². The summed E-state index contributed by atoms with van der Waals surface area (Å²) in [7, 11) is 0. The Morgan fingerprint density at radius 2 is 1.71 bits per heavy atom. The van der Waals surface area contributed by atoms with Crippen molar-refractivity contribution in [3.63, 3.8) is 0 Å². The van der Waals surface area contributed by atoms with Crippen molar-refractivity contribution in [3.8, 4) is 0 Å². The first kappa shape index (κ1) is 17.7. The molecule has 1 aromatic carbocycles. The molecule has 0 aliphatic carbocycles. The molecule has 6 nitrogen and oxygen atoms in total. The largest absolute Gasteiger partial charge is 0.472 e. The number of benzene rings is 1. The fourth-order valence-electron chi connectivity index (χ4n) is 2.27. The van der Waals surface area contributed by atoms with Crippen LogP contribution in [0.2, 0.25) is 0 Å². The molecule has 2 rings (SSSR count). The highest BCUT2D eigenvalue weighted by Gasteiger charge is 2.09. The number of anilines is 1. The lowest BCUT2D eigenvalue weighted by Crippen LogP contribution is -2.34. The van der Waals surface area contributed by atoms with Gasteiger partial charge in [-0.1, -0.05) is 13.8 Å². The lowest BCUT2D eigenvalue weighted by molar-refractivity contribution is 0.0948. The maximum absolute atomic E-state index is 12.1. The molecule has 0 saturated carbocycles. The number of carbonyl (C=O) groups excluding carboxylic acids is 2. The van der Waals surface area contributed by atoms with Gasteiger partial charge < -0.3 is 20.0 Å². The minimum absolute atomic E-state index is 0.116. The maximum Gasteiger partial charge on any atom is 0.258 e. The van der Waals surface area contributed by atoms with Gasteiger partial charge >= 0.3 is 0 Å². The second kappa shape index (κ2) is 8.88. The zero-order valence-corrected chi connectivity index (χ0v) is 14.0. The second-order valence-corrected chi connectivity index (χ2v) is 5.33. The molecule has 128 valence electrons. The van der Waals surface area contributed by atoms with Crippen LogP contribution in [0.15, 0.2) is 47.3 Å². The minimum Gasteiger partial charge on any atom is -0.472 e. The Bertz CT molecular complexity index is 647. The van der Waals surface area contributed by atoms with Crippen LogP contribution in [0, 0.1) is 0 Å². The van der Waals surface area contributed by atoms with E-state index in [1.54, 1.807) is 30.3 Å². The van der Waals surface area contributed by atoms with Gasteiger partial charge in [0.05, 0.1) is 11.8 Å². The van der Waals surface area contributed by atoms with Crippen molar-refractivity contribution in [1.29, 1.82) is 0 Å². The van der Waals surface area contributed by atoms with Gasteiger partial charge in [0.2, 0.25) is 0 Å². The quantitative estimate of drug-likeness (QED) is 0.781. The van der Waals surface area contributed by atoms with Crippen molar-refractivity contribution >= 4 is 17.5 Å². The first-order valence-electron chi connectivity index (χ1n) is 8.08. The summed E-state index contributed by atoms with van der Waals surface area (Å²) in [5.41, 5.74) is 1.64. The van der Waals surface area contributed by atoms with E-state index in [4.69, 9.17) is 4.42 Å². The molecule has 1 heterocycles. The highest BCUT2D eigenvalue weighted by Crippen LogP contribution is 2.11. The number of amides is 2. The summed E-state index contributed by atoms with van der Waals surface area (Å²) < 4.78 is 4.88. The van der Waals surface area contributed by atoms with E-state index in [1.165, 1.54) is 12.5 Å². The van der Waals surface area contributed by atoms with Crippen molar-refractivity contribution in [1.82, 2.24) is 10.2 Å². The highest BCUT2D eigenvalue weighted by molar-refractivity contribution is 6.04. The maximum atomic E-state index is 12.1. The predicted octanol–water partition coefficient (Wildman–Crippen LogP) is 2.60. The van der Waals surface area contributed by atoms with Crippen LogP contribution in [0.1, 0.15) is 34.6 Å². The highest BCUT2D eigenvalue weighted by atomic mass is 16.3. The Hall–Kier alpha value is -2.60. The van der Waals surface area contributed by atoms with E-state index < -0.39 is 0 Å². The second-order valence-electron chi connectivity index (χ2n) is 5.33. The summed E-state index contributed by atoms with van der Waals surface area (Å²) >= 11 is 0. The third-order valence-corrected chi connectivity index (χ3v) is 3.80. The van der Waals surface area contributed by atoms with Crippen LogP contribution in [0.25, 0.3) is 0 Å². The lowest BCUT2D eigenvalue weighted by atomic mass is 10.2. The van der Waals surface area contributed by atoms with Crippen molar-refractivity contribution in [2.45, 2.75) is 13.8 Å². The van der Waals surface area contributed by atoms with Gasteiger partial charge in [0, 0.05) is 24.3 Å². The van der Waals surface area contributed by atoms with E-state index in [0.29, 0.717) is 23.4 Å². The molecule has 0 saturated heterocycles. The lowest BCUT2D eigenvalue weighted by Gasteiger charge is -2.17. The van der Waals surface area contributed by atoms with Gasteiger partial charge in [-0.05, 0) is 43.4 Å².